The molecule has 0 aromatic heterocycles. The molecule has 2 nitrogen and oxygen atoms in total. The van der Waals surface area contributed by atoms with Crippen LogP contribution in [-0.4, -0.2) is 23.1 Å². The molecular formula is C20H23BrFNO. The molecule has 3 rings (SSSR count). The summed E-state index contributed by atoms with van der Waals surface area (Å²) in [6, 6.07) is 4.23. The van der Waals surface area contributed by atoms with Crippen LogP contribution in [0.15, 0.2) is 66.9 Å². The highest BCUT2D eigenvalue weighted by Crippen LogP contribution is 2.47. The molecule has 1 aromatic carbocycles. The molecule has 1 aromatic rings. The van der Waals surface area contributed by atoms with Crippen LogP contribution in [0.2, 0.25) is 0 Å². The average Bonchev–Trinajstić information content (AvgIpc) is 2.57. The Balaban J connectivity index is 0.00000208. The molecule has 0 saturated heterocycles. The molecule has 0 saturated carbocycles. The van der Waals surface area contributed by atoms with Crippen molar-refractivity contribution in [2.75, 3.05) is 7.05 Å². The summed E-state index contributed by atoms with van der Waals surface area (Å²) in [7, 11) is 2.02. The predicted octanol–water partition coefficient (Wildman–Crippen LogP) is 4.88. The van der Waals surface area contributed by atoms with E-state index in [1.54, 1.807) is 0 Å². The fraction of sp³-hybridized carbons (Fsp3) is 0.300. The van der Waals surface area contributed by atoms with Crippen molar-refractivity contribution in [2.45, 2.75) is 24.8 Å². The monoisotopic (exact) mass is 391 g/mol. The Morgan fingerprint density at radius 2 is 1.92 bits per heavy atom. The van der Waals surface area contributed by atoms with Crippen molar-refractivity contribution >= 4 is 17.0 Å². The topological polar surface area (TPSA) is 23.5 Å². The lowest BCUT2D eigenvalue weighted by Gasteiger charge is -2.48. The van der Waals surface area contributed by atoms with Gasteiger partial charge < -0.3 is 10.0 Å². The molecule has 0 fully saturated rings. The number of phenols is 1. The van der Waals surface area contributed by atoms with Crippen molar-refractivity contribution in [1.82, 2.24) is 4.90 Å². The maximum absolute atomic E-state index is 14.0. The maximum Gasteiger partial charge on any atom is 0.123 e. The minimum Gasteiger partial charge on any atom is -0.508 e. The highest BCUT2D eigenvalue weighted by molar-refractivity contribution is 8.93. The molecule has 0 amide bonds. The van der Waals surface area contributed by atoms with Crippen LogP contribution in [0.3, 0.4) is 0 Å². The summed E-state index contributed by atoms with van der Waals surface area (Å²) in [4.78, 5) is 2.12. The molecule has 1 aliphatic carbocycles. The summed E-state index contributed by atoms with van der Waals surface area (Å²) in [5, 5.41) is 10.5. The molecule has 1 heterocycles. The summed E-state index contributed by atoms with van der Waals surface area (Å²) >= 11 is 0. The Labute approximate surface area is 153 Å². The number of allylic oxidation sites excluding steroid dienone is 5. The number of aromatic hydroxyl groups is 1. The highest BCUT2D eigenvalue weighted by Gasteiger charge is 2.46. The van der Waals surface area contributed by atoms with Gasteiger partial charge in [0, 0.05) is 18.0 Å². The van der Waals surface area contributed by atoms with Crippen molar-refractivity contribution in [2.24, 2.45) is 5.92 Å². The lowest BCUT2D eigenvalue weighted by Crippen LogP contribution is -2.50. The van der Waals surface area contributed by atoms with Crippen molar-refractivity contribution in [3.63, 3.8) is 0 Å². The van der Waals surface area contributed by atoms with Gasteiger partial charge in [-0.25, -0.2) is 4.39 Å². The number of phenolic OH excluding ortho intramolecular Hbond substituents is 1. The molecule has 0 radical (unpaired) electrons. The van der Waals surface area contributed by atoms with Crippen molar-refractivity contribution < 1.29 is 9.50 Å². The molecule has 1 aliphatic heterocycles. The SMILES string of the molecule is Br.CCC1C=CC=CC1(c1cc(F)ccc1O)C1C=CC=CN1C. The number of hydrogen-bond donors (Lipinski definition) is 1. The number of benzene rings is 1. The first kappa shape index (κ1) is 18.5. The Morgan fingerprint density at radius 1 is 1.17 bits per heavy atom. The van der Waals surface area contributed by atoms with E-state index in [0.29, 0.717) is 5.56 Å². The number of nitrogens with zero attached hydrogens (tertiary/aromatic N) is 1. The van der Waals surface area contributed by atoms with E-state index >= 15 is 0 Å². The zero-order valence-electron chi connectivity index (χ0n) is 13.9. The first-order valence-corrected chi connectivity index (χ1v) is 8.01. The van der Waals surface area contributed by atoms with Gasteiger partial charge in [0.2, 0.25) is 0 Å². The molecule has 1 N–H and O–H groups in total. The zero-order chi connectivity index (χ0) is 16.4. The minimum atomic E-state index is -0.508. The molecule has 0 spiro atoms. The molecule has 24 heavy (non-hydrogen) atoms. The summed E-state index contributed by atoms with van der Waals surface area (Å²) in [6.07, 6.45) is 17.3. The van der Waals surface area contributed by atoms with Crippen molar-refractivity contribution in [3.05, 3.63) is 78.3 Å². The first-order valence-electron chi connectivity index (χ1n) is 8.01. The first-order chi connectivity index (χ1) is 11.1. The smallest absolute Gasteiger partial charge is 0.123 e. The minimum absolute atomic E-state index is 0. The number of likely N-dealkylation sites (N-methyl/N-ethyl adjacent to an activating group) is 1. The normalized spacial score (nSPS) is 28.0. The van der Waals surface area contributed by atoms with E-state index in [9.17, 15) is 9.50 Å². The van der Waals surface area contributed by atoms with Gasteiger partial charge in [0.05, 0.1) is 6.04 Å². The van der Waals surface area contributed by atoms with Gasteiger partial charge in [0.15, 0.2) is 0 Å². The second-order valence-corrected chi connectivity index (χ2v) is 6.19. The summed E-state index contributed by atoms with van der Waals surface area (Å²) < 4.78 is 14.0. The maximum atomic E-state index is 14.0. The van der Waals surface area contributed by atoms with E-state index in [0.717, 1.165) is 6.42 Å². The molecule has 2 aliphatic rings. The van der Waals surface area contributed by atoms with Crippen LogP contribution in [0.1, 0.15) is 18.9 Å². The molecule has 4 heteroatoms. The van der Waals surface area contributed by atoms with Crippen LogP contribution in [-0.2, 0) is 5.41 Å². The Hall–Kier alpha value is -1.81. The highest BCUT2D eigenvalue weighted by atomic mass is 79.9. The molecular weight excluding hydrogens is 369 g/mol. The lowest BCUT2D eigenvalue weighted by atomic mass is 9.61. The fourth-order valence-electron chi connectivity index (χ4n) is 3.87. The Morgan fingerprint density at radius 3 is 2.62 bits per heavy atom. The Kier molecular flexibility index (Phi) is 5.70. The number of halogens is 2. The van der Waals surface area contributed by atoms with E-state index < -0.39 is 5.41 Å². The van der Waals surface area contributed by atoms with Gasteiger partial charge in [-0.05, 0) is 42.8 Å². The standard InChI is InChI=1S/C20H22FNO.BrH/c1-3-15-8-4-6-12-20(15,19-9-5-7-13-22(19)2)17-14-16(21)10-11-18(17)23;/h4-15,19,23H,3H2,1-2H3;1H. The second kappa shape index (κ2) is 7.39. The zero-order valence-corrected chi connectivity index (χ0v) is 15.6. The van der Waals surface area contributed by atoms with E-state index in [-0.39, 0.29) is 40.5 Å². The van der Waals surface area contributed by atoms with Gasteiger partial charge in [-0.3, -0.25) is 0 Å². The largest absolute Gasteiger partial charge is 0.508 e. The summed E-state index contributed by atoms with van der Waals surface area (Å²) in [6.45, 7) is 2.13. The van der Waals surface area contributed by atoms with Crippen LogP contribution < -0.4 is 0 Å². The van der Waals surface area contributed by atoms with E-state index in [4.69, 9.17) is 0 Å². The predicted molar refractivity (Wildman–Crippen MR) is 102 cm³/mol. The van der Waals surface area contributed by atoms with Crippen LogP contribution in [0.5, 0.6) is 5.75 Å². The van der Waals surface area contributed by atoms with Gasteiger partial charge in [0.25, 0.3) is 0 Å². The molecule has 3 atom stereocenters. The summed E-state index contributed by atoms with van der Waals surface area (Å²) in [5.74, 6) is -0.0158. The third kappa shape index (κ3) is 2.95. The van der Waals surface area contributed by atoms with Crippen LogP contribution in [0.25, 0.3) is 0 Å². The Bertz CT molecular complexity index is 710. The quantitative estimate of drug-likeness (QED) is 0.793. The van der Waals surface area contributed by atoms with E-state index in [2.05, 4.69) is 30.1 Å². The lowest BCUT2D eigenvalue weighted by molar-refractivity contribution is 0.217. The van der Waals surface area contributed by atoms with Gasteiger partial charge >= 0.3 is 0 Å². The van der Waals surface area contributed by atoms with Crippen LogP contribution >= 0.6 is 17.0 Å². The fourth-order valence-corrected chi connectivity index (χ4v) is 3.87. The number of hydrogen-bond acceptors (Lipinski definition) is 2. The third-order valence-electron chi connectivity index (χ3n) is 4.96. The molecule has 128 valence electrons. The van der Waals surface area contributed by atoms with Gasteiger partial charge in [0.1, 0.15) is 11.6 Å². The van der Waals surface area contributed by atoms with Crippen molar-refractivity contribution in [1.29, 1.82) is 0 Å². The van der Waals surface area contributed by atoms with Gasteiger partial charge in [-0.2, -0.15) is 0 Å². The third-order valence-corrected chi connectivity index (χ3v) is 4.96. The average molecular weight is 392 g/mol. The van der Waals surface area contributed by atoms with E-state index in [1.807, 2.05) is 37.6 Å². The van der Waals surface area contributed by atoms with Gasteiger partial charge in [-0.1, -0.05) is 43.4 Å². The van der Waals surface area contributed by atoms with Gasteiger partial charge in [-0.15, -0.1) is 17.0 Å². The van der Waals surface area contributed by atoms with Crippen LogP contribution in [0, 0.1) is 11.7 Å². The summed E-state index contributed by atoms with van der Waals surface area (Å²) in [5.41, 5.74) is 0.132. The second-order valence-electron chi connectivity index (χ2n) is 6.19. The van der Waals surface area contributed by atoms with Crippen LogP contribution in [0.4, 0.5) is 4.39 Å². The molecule has 3 unspecified atom stereocenters. The molecule has 0 bridgehead atoms. The number of rotatable bonds is 3. The van der Waals surface area contributed by atoms with E-state index in [1.165, 1.54) is 18.2 Å². The van der Waals surface area contributed by atoms with Crippen molar-refractivity contribution in [3.8, 4) is 5.75 Å².